The number of nitrogens with two attached hydrogens (primary N) is 1. The van der Waals surface area contributed by atoms with Crippen LogP contribution in [0.1, 0.15) is 62.5 Å². The molecule has 1 saturated carbocycles. The third kappa shape index (κ3) is 2.22. The minimum Gasteiger partial charge on any atom is -0.383 e. The third-order valence-corrected chi connectivity index (χ3v) is 4.45. The first kappa shape index (κ1) is 12.9. The maximum absolute atomic E-state index is 6.13. The van der Waals surface area contributed by atoms with Crippen molar-refractivity contribution in [2.24, 2.45) is 0 Å². The van der Waals surface area contributed by atoms with E-state index in [1.54, 1.807) is 0 Å². The fraction of sp³-hybridized carbons (Fsp3) is 0.733. The first-order chi connectivity index (χ1) is 9.25. The summed E-state index contributed by atoms with van der Waals surface area (Å²) in [6, 6.07) is 0. The summed E-state index contributed by atoms with van der Waals surface area (Å²) in [4.78, 5) is 9.41. The van der Waals surface area contributed by atoms with Crippen molar-refractivity contribution in [2.75, 3.05) is 12.3 Å². The Balaban J connectivity index is 2.00. The average Bonchev–Trinajstić information content (AvgIpc) is 2.89. The van der Waals surface area contributed by atoms with Crippen LogP contribution in [0.25, 0.3) is 0 Å². The Morgan fingerprint density at radius 3 is 2.63 bits per heavy atom. The molecule has 1 fully saturated rings. The van der Waals surface area contributed by atoms with E-state index in [9.17, 15) is 0 Å². The van der Waals surface area contributed by atoms with E-state index in [-0.39, 0.29) is 5.60 Å². The molecule has 104 valence electrons. The second-order valence-electron chi connectivity index (χ2n) is 5.70. The summed E-state index contributed by atoms with van der Waals surface area (Å²) in [5.74, 6) is 1.52. The van der Waals surface area contributed by atoms with Gasteiger partial charge in [-0.2, -0.15) is 0 Å². The van der Waals surface area contributed by atoms with Crippen LogP contribution in [0.5, 0.6) is 0 Å². The monoisotopic (exact) mass is 261 g/mol. The second kappa shape index (κ2) is 5.08. The highest BCUT2D eigenvalue weighted by Gasteiger charge is 2.38. The second-order valence-corrected chi connectivity index (χ2v) is 5.70. The maximum Gasteiger partial charge on any atom is 0.162 e. The highest BCUT2D eigenvalue weighted by atomic mass is 16.5. The Morgan fingerprint density at radius 2 is 1.89 bits per heavy atom. The molecule has 1 aromatic rings. The molecule has 0 spiro atoms. The van der Waals surface area contributed by atoms with Gasteiger partial charge in [0.2, 0.25) is 0 Å². The SMILES string of the molecule is CCOC1(c2nc(N)c3c(n2)CCC3)CCCCC1. The van der Waals surface area contributed by atoms with Crippen molar-refractivity contribution in [3.63, 3.8) is 0 Å². The standard InChI is InChI=1S/C15H23N3O/c1-2-19-15(9-4-3-5-10-15)14-17-12-8-6-7-11(12)13(16)18-14/h2-10H2,1H3,(H2,16,17,18). The lowest BCUT2D eigenvalue weighted by Gasteiger charge is -2.35. The highest BCUT2D eigenvalue weighted by Crippen LogP contribution is 2.40. The number of anilines is 1. The van der Waals surface area contributed by atoms with Gasteiger partial charge < -0.3 is 10.5 Å². The molecule has 0 aliphatic heterocycles. The smallest absolute Gasteiger partial charge is 0.162 e. The summed E-state index contributed by atoms with van der Waals surface area (Å²) in [6.45, 7) is 2.76. The van der Waals surface area contributed by atoms with Gasteiger partial charge in [0, 0.05) is 17.9 Å². The molecule has 0 radical (unpaired) electrons. The van der Waals surface area contributed by atoms with Gasteiger partial charge in [-0.3, -0.25) is 0 Å². The van der Waals surface area contributed by atoms with E-state index in [2.05, 4.69) is 4.98 Å². The number of aryl methyl sites for hydroxylation is 1. The van der Waals surface area contributed by atoms with Crippen LogP contribution in [-0.2, 0) is 23.2 Å². The topological polar surface area (TPSA) is 61.0 Å². The van der Waals surface area contributed by atoms with Crippen molar-refractivity contribution in [3.05, 3.63) is 17.1 Å². The van der Waals surface area contributed by atoms with Crippen molar-refractivity contribution in [3.8, 4) is 0 Å². The van der Waals surface area contributed by atoms with Gasteiger partial charge in [-0.15, -0.1) is 0 Å². The summed E-state index contributed by atoms with van der Waals surface area (Å²) in [5, 5.41) is 0. The van der Waals surface area contributed by atoms with E-state index in [0.29, 0.717) is 12.4 Å². The molecule has 4 heteroatoms. The number of rotatable bonds is 3. The molecule has 2 N–H and O–H groups in total. The van der Waals surface area contributed by atoms with Crippen LogP contribution in [-0.4, -0.2) is 16.6 Å². The number of ether oxygens (including phenoxy) is 1. The van der Waals surface area contributed by atoms with Gasteiger partial charge in [-0.05, 0) is 39.0 Å². The quantitative estimate of drug-likeness (QED) is 0.908. The molecule has 0 unspecified atom stereocenters. The van der Waals surface area contributed by atoms with Gasteiger partial charge in [-0.25, -0.2) is 9.97 Å². The molecule has 2 aliphatic carbocycles. The molecule has 19 heavy (non-hydrogen) atoms. The Labute approximate surface area is 114 Å². The van der Waals surface area contributed by atoms with Gasteiger partial charge in [0.1, 0.15) is 11.4 Å². The zero-order valence-electron chi connectivity index (χ0n) is 11.7. The average molecular weight is 261 g/mol. The zero-order chi connectivity index (χ0) is 13.3. The van der Waals surface area contributed by atoms with Gasteiger partial charge in [0.15, 0.2) is 5.82 Å². The molecule has 0 amide bonds. The van der Waals surface area contributed by atoms with Crippen molar-refractivity contribution >= 4 is 5.82 Å². The van der Waals surface area contributed by atoms with E-state index in [1.807, 2.05) is 6.92 Å². The number of hydrogen-bond acceptors (Lipinski definition) is 4. The van der Waals surface area contributed by atoms with Crippen LogP contribution >= 0.6 is 0 Å². The molecule has 4 nitrogen and oxygen atoms in total. The van der Waals surface area contributed by atoms with Gasteiger partial charge >= 0.3 is 0 Å². The van der Waals surface area contributed by atoms with E-state index >= 15 is 0 Å². The Kier molecular flexibility index (Phi) is 3.44. The molecule has 1 aromatic heterocycles. The maximum atomic E-state index is 6.13. The predicted octanol–water partition coefficient (Wildman–Crippen LogP) is 2.74. The molecule has 0 bridgehead atoms. The minimum absolute atomic E-state index is 0.279. The van der Waals surface area contributed by atoms with E-state index < -0.39 is 0 Å². The van der Waals surface area contributed by atoms with Crippen LogP contribution in [0, 0.1) is 0 Å². The number of hydrogen-bond donors (Lipinski definition) is 1. The lowest BCUT2D eigenvalue weighted by atomic mass is 9.83. The normalized spacial score (nSPS) is 21.3. The first-order valence-electron chi connectivity index (χ1n) is 7.55. The van der Waals surface area contributed by atoms with E-state index in [4.69, 9.17) is 15.5 Å². The van der Waals surface area contributed by atoms with Crippen molar-refractivity contribution < 1.29 is 4.74 Å². The van der Waals surface area contributed by atoms with Gasteiger partial charge in [0.25, 0.3) is 0 Å². The summed E-state index contributed by atoms with van der Waals surface area (Å²) < 4.78 is 6.09. The van der Waals surface area contributed by atoms with E-state index in [0.717, 1.165) is 43.6 Å². The van der Waals surface area contributed by atoms with Crippen LogP contribution in [0.4, 0.5) is 5.82 Å². The fourth-order valence-corrected chi connectivity index (χ4v) is 3.50. The first-order valence-corrected chi connectivity index (χ1v) is 7.55. The Bertz CT molecular complexity index is 461. The molecule has 1 heterocycles. The van der Waals surface area contributed by atoms with Crippen LogP contribution in [0.2, 0.25) is 0 Å². The lowest BCUT2D eigenvalue weighted by molar-refractivity contribution is -0.0767. The Morgan fingerprint density at radius 1 is 1.11 bits per heavy atom. The van der Waals surface area contributed by atoms with Crippen molar-refractivity contribution in [1.29, 1.82) is 0 Å². The Hall–Kier alpha value is -1.16. The molecule has 0 aromatic carbocycles. The number of nitrogen functional groups attached to an aromatic ring is 1. The molecule has 0 atom stereocenters. The molecular weight excluding hydrogens is 238 g/mol. The van der Waals surface area contributed by atoms with Crippen molar-refractivity contribution in [2.45, 2.75) is 63.9 Å². The fourth-order valence-electron chi connectivity index (χ4n) is 3.50. The number of aromatic nitrogens is 2. The number of fused-ring (bicyclic) bond motifs is 1. The molecule has 0 saturated heterocycles. The van der Waals surface area contributed by atoms with Crippen LogP contribution in [0.15, 0.2) is 0 Å². The molecular formula is C15H23N3O. The van der Waals surface area contributed by atoms with Crippen LogP contribution < -0.4 is 5.73 Å². The molecule has 2 aliphatic rings. The lowest BCUT2D eigenvalue weighted by Crippen LogP contribution is -2.35. The summed E-state index contributed by atoms with van der Waals surface area (Å²) >= 11 is 0. The van der Waals surface area contributed by atoms with E-state index in [1.165, 1.54) is 24.8 Å². The zero-order valence-corrected chi connectivity index (χ0v) is 11.7. The largest absolute Gasteiger partial charge is 0.383 e. The third-order valence-electron chi connectivity index (χ3n) is 4.45. The van der Waals surface area contributed by atoms with Crippen LogP contribution in [0.3, 0.4) is 0 Å². The summed E-state index contributed by atoms with van der Waals surface area (Å²) in [5.41, 5.74) is 8.18. The molecule has 3 rings (SSSR count). The van der Waals surface area contributed by atoms with Crippen molar-refractivity contribution in [1.82, 2.24) is 9.97 Å². The number of nitrogens with zero attached hydrogens (tertiary/aromatic N) is 2. The summed E-state index contributed by atoms with van der Waals surface area (Å²) in [7, 11) is 0. The summed E-state index contributed by atoms with van der Waals surface area (Å²) in [6.07, 6.45) is 8.95. The minimum atomic E-state index is -0.279. The highest BCUT2D eigenvalue weighted by molar-refractivity contribution is 5.45. The van der Waals surface area contributed by atoms with Gasteiger partial charge in [0.05, 0.1) is 0 Å². The predicted molar refractivity (Wildman–Crippen MR) is 74.9 cm³/mol. The van der Waals surface area contributed by atoms with Gasteiger partial charge in [-0.1, -0.05) is 19.3 Å².